The van der Waals surface area contributed by atoms with Gasteiger partial charge < -0.3 is 5.32 Å². The summed E-state index contributed by atoms with van der Waals surface area (Å²) in [5.74, 6) is 3.97. The Hall–Kier alpha value is -0.790. The molecule has 0 radical (unpaired) electrons. The van der Waals surface area contributed by atoms with E-state index in [2.05, 4.69) is 33.0 Å². The summed E-state index contributed by atoms with van der Waals surface area (Å²) in [5.41, 5.74) is 4.21. The quantitative estimate of drug-likeness (QED) is 0.581. The molecule has 1 N–H and O–H groups in total. The monoisotopic (exact) mass is 315 g/mol. The van der Waals surface area contributed by atoms with E-state index >= 15 is 0 Å². The second-order valence-electron chi connectivity index (χ2n) is 10.1. The molecule has 0 saturated heterocycles. The number of nitrogens with one attached hydrogen (secondary N) is 1. The lowest BCUT2D eigenvalue weighted by atomic mass is 9.46. The van der Waals surface area contributed by atoms with Crippen LogP contribution in [0.1, 0.15) is 72.6 Å². The number of amides is 1. The highest BCUT2D eigenvalue weighted by molar-refractivity contribution is 5.48. The van der Waals surface area contributed by atoms with Gasteiger partial charge in [0.25, 0.3) is 0 Å². The molecule has 1 amide bonds. The van der Waals surface area contributed by atoms with E-state index in [0.717, 1.165) is 30.1 Å². The molecule has 0 aromatic rings. The van der Waals surface area contributed by atoms with Gasteiger partial charge in [0.05, 0.1) is 0 Å². The summed E-state index contributed by atoms with van der Waals surface area (Å²) in [6, 6.07) is 0. The summed E-state index contributed by atoms with van der Waals surface area (Å²) >= 11 is 0. The van der Waals surface area contributed by atoms with Crippen LogP contribution >= 0.6 is 0 Å². The summed E-state index contributed by atoms with van der Waals surface area (Å²) in [5, 5.41) is 3.24. The highest BCUT2D eigenvalue weighted by Crippen LogP contribution is 2.62. The van der Waals surface area contributed by atoms with E-state index in [-0.39, 0.29) is 5.54 Å². The van der Waals surface area contributed by atoms with Gasteiger partial charge in [0, 0.05) is 5.54 Å². The highest BCUT2D eigenvalue weighted by Gasteiger charge is 2.55. The molecule has 2 nitrogen and oxygen atoms in total. The molecule has 0 bridgehead atoms. The first kappa shape index (κ1) is 15.7. The Morgan fingerprint density at radius 1 is 1.22 bits per heavy atom. The minimum atomic E-state index is 0.0238. The van der Waals surface area contributed by atoms with Crippen molar-refractivity contribution in [2.45, 2.75) is 78.2 Å². The Bertz CT molecular complexity index is 548. The molecule has 2 heteroatoms. The predicted molar refractivity (Wildman–Crippen MR) is 93.9 cm³/mol. The van der Waals surface area contributed by atoms with Crippen molar-refractivity contribution in [2.24, 2.45) is 35.0 Å². The molecular formula is C21H33NO. The molecule has 0 aliphatic heterocycles. The van der Waals surface area contributed by atoms with Crippen LogP contribution in [-0.2, 0) is 4.79 Å². The molecule has 128 valence electrons. The van der Waals surface area contributed by atoms with Crippen LogP contribution in [0.2, 0.25) is 0 Å². The van der Waals surface area contributed by atoms with Crippen LogP contribution in [0.4, 0.5) is 0 Å². The molecule has 4 aliphatic rings. The number of carbonyl (C=O) groups is 1. The third-order valence-corrected chi connectivity index (χ3v) is 7.94. The van der Waals surface area contributed by atoms with Crippen molar-refractivity contribution in [2.75, 3.05) is 0 Å². The van der Waals surface area contributed by atoms with Crippen molar-refractivity contribution in [1.29, 1.82) is 0 Å². The Kier molecular flexibility index (Phi) is 3.49. The van der Waals surface area contributed by atoms with E-state index in [9.17, 15) is 4.79 Å². The Balaban J connectivity index is 1.77. The van der Waals surface area contributed by atoms with Gasteiger partial charge in [-0.3, -0.25) is 4.79 Å². The van der Waals surface area contributed by atoms with E-state index in [1.165, 1.54) is 44.9 Å². The molecular weight excluding hydrogens is 282 g/mol. The Morgan fingerprint density at radius 2 is 2.00 bits per heavy atom. The second-order valence-corrected chi connectivity index (χ2v) is 10.1. The fourth-order valence-electron chi connectivity index (χ4n) is 7.15. The van der Waals surface area contributed by atoms with E-state index in [0.29, 0.717) is 11.3 Å². The minimum absolute atomic E-state index is 0.0238. The first-order valence-electron chi connectivity index (χ1n) is 9.78. The lowest BCUT2D eigenvalue weighted by Crippen LogP contribution is -2.59. The van der Waals surface area contributed by atoms with E-state index < -0.39 is 0 Å². The average molecular weight is 316 g/mol. The van der Waals surface area contributed by atoms with Crippen molar-refractivity contribution in [1.82, 2.24) is 5.32 Å². The van der Waals surface area contributed by atoms with Crippen LogP contribution in [-0.4, -0.2) is 11.9 Å². The summed E-state index contributed by atoms with van der Waals surface area (Å²) in [4.78, 5) is 11.2. The fraction of sp³-hybridized carbons (Fsp3) is 0.857. The number of allylic oxidation sites excluding steroid dienone is 2. The standard InChI is InChI=1S/C21H33NO/c1-13-9-15-11-20(2,3)10-14-5-6-17-19(18(14)15)16(13)7-8-21(17,4)22-12-23/h12-13,15-17,19H,5-11H2,1-4H3,(H,22,23)/t13-,15-,16+,17+,19+,21-/m0/s1. The smallest absolute Gasteiger partial charge is 0.207 e. The summed E-state index contributed by atoms with van der Waals surface area (Å²) < 4.78 is 0. The maximum absolute atomic E-state index is 11.2. The summed E-state index contributed by atoms with van der Waals surface area (Å²) in [6.07, 6.45) is 10.1. The van der Waals surface area contributed by atoms with E-state index in [1.54, 1.807) is 0 Å². The average Bonchev–Trinajstić information content (AvgIpc) is 2.45. The van der Waals surface area contributed by atoms with Gasteiger partial charge in [-0.2, -0.15) is 0 Å². The van der Waals surface area contributed by atoms with Gasteiger partial charge in [0.1, 0.15) is 0 Å². The Labute approximate surface area is 141 Å². The highest BCUT2D eigenvalue weighted by atomic mass is 16.1. The molecule has 2 saturated carbocycles. The molecule has 23 heavy (non-hydrogen) atoms. The van der Waals surface area contributed by atoms with Gasteiger partial charge >= 0.3 is 0 Å². The van der Waals surface area contributed by atoms with Crippen molar-refractivity contribution >= 4 is 6.41 Å². The predicted octanol–water partition coefficient (Wildman–Crippen LogP) is 4.70. The maximum Gasteiger partial charge on any atom is 0.207 e. The van der Waals surface area contributed by atoms with Gasteiger partial charge in [-0.25, -0.2) is 0 Å². The van der Waals surface area contributed by atoms with Crippen molar-refractivity contribution in [3.05, 3.63) is 11.1 Å². The van der Waals surface area contributed by atoms with Crippen LogP contribution in [0.15, 0.2) is 11.1 Å². The zero-order valence-corrected chi connectivity index (χ0v) is 15.3. The fourth-order valence-corrected chi connectivity index (χ4v) is 7.15. The molecule has 0 aromatic heterocycles. The molecule has 0 heterocycles. The van der Waals surface area contributed by atoms with Crippen LogP contribution in [0, 0.1) is 35.0 Å². The number of carbonyl (C=O) groups excluding carboxylic acids is 1. The minimum Gasteiger partial charge on any atom is -0.353 e. The Morgan fingerprint density at radius 3 is 2.74 bits per heavy atom. The zero-order chi connectivity index (χ0) is 16.4. The second kappa shape index (κ2) is 5.10. The molecule has 0 unspecified atom stereocenters. The first-order chi connectivity index (χ1) is 10.8. The number of hydrogen-bond donors (Lipinski definition) is 1. The first-order valence-corrected chi connectivity index (χ1v) is 9.78. The lowest BCUT2D eigenvalue weighted by molar-refractivity contribution is -0.113. The van der Waals surface area contributed by atoms with E-state index in [1.807, 2.05) is 11.1 Å². The van der Waals surface area contributed by atoms with Crippen molar-refractivity contribution in [3.63, 3.8) is 0 Å². The maximum atomic E-state index is 11.2. The van der Waals surface area contributed by atoms with Gasteiger partial charge in [-0.1, -0.05) is 31.9 Å². The van der Waals surface area contributed by atoms with Gasteiger partial charge in [-0.15, -0.1) is 0 Å². The van der Waals surface area contributed by atoms with Crippen LogP contribution in [0.5, 0.6) is 0 Å². The molecule has 4 aliphatic carbocycles. The topological polar surface area (TPSA) is 29.1 Å². The van der Waals surface area contributed by atoms with Gasteiger partial charge in [-0.05, 0) is 86.9 Å². The molecule has 4 rings (SSSR count). The van der Waals surface area contributed by atoms with Crippen LogP contribution in [0.25, 0.3) is 0 Å². The third kappa shape index (κ3) is 2.31. The molecule has 0 spiro atoms. The lowest BCUT2D eigenvalue weighted by Gasteiger charge is -2.60. The normalized spacial score (nSPS) is 47.7. The van der Waals surface area contributed by atoms with Gasteiger partial charge in [0.15, 0.2) is 0 Å². The van der Waals surface area contributed by atoms with Crippen LogP contribution < -0.4 is 5.32 Å². The van der Waals surface area contributed by atoms with Crippen molar-refractivity contribution in [3.8, 4) is 0 Å². The molecule has 6 atom stereocenters. The summed E-state index contributed by atoms with van der Waals surface area (Å²) in [6.45, 7) is 9.76. The third-order valence-electron chi connectivity index (χ3n) is 7.94. The molecule has 0 aromatic carbocycles. The molecule has 2 fully saturated rings. The van der Waals surface area contributed by atoms with Gasteiger partial charge in [0.2, 0.25) is 6.41 Å². The zero-order valence-electron chi connectivity index (χ0n) is 15.3. The number of hydrogen-bond acceptors (Lipinski definition) is 1. The number of rotatable bonds is 2. The largest absolute Gasteiger partial charge is 0.353 e. The van der Waals surface area contributed by atoms with Crippen molar-refractivity contribution < 1.29 is 4.79 Å². The van der Waals surface area contributed by atoms with Crippen LogP contribution in [0.3, 0.4) is 0 Å². The SMILES string of the molecule is C[C@H]1C[C@H]2CC(C)(C)CC3=C2[C@@H]2[C@@H]1CC[C@](C)(NC=O)[C@@H]2CC3. The summed E-state index contributed by atoms with van der Waals surface area (Å²) in [7, 11) is 0. The van der Waals surface area contributed by atoms with E-state index in [4.69, 9.17) is 0 Å².